The first-order chi connectivity index (χ1) is 11.7. The van der Waals surface area contributed by atoms with Gasteiger partial charge in [-0.05, 0) is 12.1 Å². The van der Waals surface area contributed by atoms with E-state index in [0.717, 1.165) is 5.56 Å². The zero-order valence-electron chi connectivity index (χ0n) is 13.6. The number of aliphatic hydroxyl groups excluding tert-OH is 1. The van der Waals surface area contributed by atoms with Crippen molar-refractivity contribution in [2.45, 2.75) is 18.3 Å². The molecular weight excluding hydrogens is 312 g/mol. The number of methoxy groups -OCH3 is 3. The first-order valence-electron chi connectivity index (χ1n) is 7.61. The molecule has 1 N–H and O–H groups in total. The maximum absolute atomic E-state index is 10.7. The molecular formula is C18H18O6. The average Bonchev–Trinajstić information content (AvgIpc) is 2.61. The molecule has 2 aliphatic rings. The Kier molecular flexibility index (Phi) is 3.42. The normalized spacial score (nSPS) is 23.2. The Morgan fingerprint density at radius 3 is 2.25 bits per heavy atom. The molecule has 3 unspecified atom stereocenters. The van der Waals surface area contributed by atoms with Gasteiger partial charge in [-0.2, -0.15) is 0 Å². The Morgan fingerprint density at radius 2 is 1.54 bits per heavy atom. The highest BCUT2D eigenvalue weighted by Crippen LogP contribution is 2.53. The molecule has 0 amide bonds. The van der Waals surface area contributed by atoms with Crippen molar-refractivity contribution in [1.82, 2.24) is 0 Å². The first-order valence-corrected chi connectivity index (χ1v) is 7.61. The summed E-state index contributed by atoms with van der Waals surface area (Å²) in [5.74, 6) is 3.09. The van der Waals surface area contributed by atoms with Crippen LogP contribution >= 0.6 is 0 Å². The first kappa shape index (κ1) is 15.0. The monoisotopic (exact) mass is 330 g/mol. The van der Waals surface area contributed by atoms with Crippen LogP contribution in [0.4, 0.5) is 0 Å². The number of benzene rings is 2. The number of hydrogen-bond donors (Lipinski definition) is 1. The van der Waals surface area contributed by atoms with E-state index in [1.165, 1.54) is 0 Å². The van der Waals surface area contributed by atoms with Crippen LogP contribution in [0.1, 0.15) is 23.3 Å². The molecule has 0 aromatic heterocycles. The van der Waals surface area contributed by atoms with Crippen LogP contribution in [0.15, 0.2) is 30.3 Å². The lowest BCUT2D eigenvalue weighted by Crippen LogP contribution is -2.41. The Balaban J connectivity index is 1.85. The second kappa shape index (κ2) is 5.49. The molecule has 0 spiro atoms. The minimum atomic E-state index is -0.833. The summed E-state index contributed by atoms with van der Waals surface area (Å²) in [4.78, 5) is 0. The fraction of sp³-hybridized carbons (Fsp3) is 0.333. The predicted octanol–water partition coefficient (Wildman–Crippen LogP) is 2.64. The van der Waals surface area contributed by atoms with Crippen molar-refractivity contribution in [3.8, 4) is 28.7 Å². The highest BCUT2D eigenvalue weighted by atomic mass is 16.6. The molecule has 2 aliphatic heterocycles. The summed E-state index contributed by atoms with van der Waals surface area (Å²) in [7, 11) is 4.74. The van der Waals surface area contributed by atoms with Crippen molar-refractivity contribution in [3.63, 3.8) is 0 Å². The minimum absolute atomic E-state index is 0.519. The number of rotatable bonds is 3. The fourth-order valence-corrected chi connectivity index (χ4v) is 3.27. The molecule has 0 saturated heterocycles. The van der Waals surface area contributed by atoms with Gasteiger partial charge in [0.2, 0.25) is 0 Å². The summed E-state index contributed by atoms with van der Waals surface area (Å²) in [6.45, 7) is 0. The van der Waals surface area contributed by atoms with Crippen molar-refractivity contribution in [1.29, 1.82) is 0 Å². The van der Waals surface area contributed by atoms with Crippen molar-refractivity contribution < 1.29 is 28.8 Å². The van der Waals surface area contributed by atoms with E-state index in [9.17, 15) is 5.11 Å². The smallest absolute Gasteiger partial charge is 0.161 e. The van der Waals surface area contributed by atoms with Gasteiger partial charge in [-0.3, -0.25) is 0 Å². The highest BCUT2D eigenvalue weighted by Gasteiger charge is 2.46. The lowest BCUT2D eigenvalue weighted by atomic mass is 9.88. The average molecular weight is 330 g/mol. The highest BCUT2D eigenvalue weighted by molar-refractivity contribution is 5.56. The molecule has 3 atom stereocenters. The van der Waals surface area contributed by atoms with Crippen LogP contribution in [0.2, 0.25) is 0 Å². The largest absolute Gasteiger partial charge is 0.497 e. The molecule has 0 fully saturated rings. The predicted molar refractivity (Wildman–Crippen MR) is 85.3 cm³/mol. The fourth-order valence-electron chi connectivity index (χ4n) is 3.27. The summed E-state index contributed by atoms with van der Waals surface area (Å²) < 4.78 is 28.1. The lowest BCUT2D eigenvalue weighted by Gasteiger charge is -2.42. The van der Waals surface area contributed by atoms with Gasteiger partial charge in [-0.25, -0.2) is 0 Å². The van der Waals surface area contributed by atoms with E-state index in [0.29, 0.717) is 34.3 Å². The lowest BCUT2D eigenvalue weighted by molar-refractivity contribution is -0.0778. The van der Waals surface area contributed by atoms with Crippen LogP contribution in [-0.4, -0.2) is 32.5 Å². The van der Waals surface area contributed by atoms with E-state index in [-0.39, 0.29) is 0 Å². The Bertz CT molecular complexity index is 787. The van der Waals surface area contributed by atoms with Gasteiger partial charge in [0.1, 0.15) is 34.9 Å². The van der Waals surface area contributed by atoms with Gasteiger partial charge >= 0.3 is 0 Å². The van der Waals surface area contributed by atoms with Gasteiger partial charge in [-0.15, -0.1) is 0 Å². The van der Waals surface area contributed by atoms with Crippen molar-refractivity contribution in [3.05, 3.63) is 41.5 Å². The van der Waals surface area contributed by atoms with E-state index in [1.54, 1.807) is 39.5 Å². The third kappa shape index (κ3) is 2.06. The maximum atomic E-state index is 10.7. The van der Waals surface area contributed by atoms with E-state index in [2.05, 4.69) is 0 Å². The van der Waals surface area contributed by atoms with Crippen LogP contribution in [0.3, 0.4) is 0 Å². The summed E-state index contributed by atoms with van der Waals surface area (Å²) in [5, 5.41) is 10.7. The molecule has 0 radical (unpaired) electrons. The number of fused-ring (bicyclic) bond motifs is 6. The molecule has 2 aromatic carbocycles. The second-order valence-electron chi connectivity index (χ2n) is 5.71. The van der Waals surface area contributed by atoms with E-state index in [4.69, 9.17) is 23.7 Å². The zero-order valence-corrected chi connectivity index (χ0v) is 13.6. The summed E-state index contributed by atoms with van der Waals surface area (Å²) in [6, 6.07) is 8.99. The van der Waals surface area contributed by atoms with Crippen LogP contribution in [0, 0.1) is 0 Å². The molecule has 0 aliphatic carbocycles. The van der Waals surface area contributed by atoms with Crippen molar-refractivity contribution >= 4 is 0 Å². The Hall–Kier alpha value is -2.60. The Morgan fingerprint density at radius 1 is 0.833 bits per heavy atom. The van der Waals surface area contributed by atoms with Crippen molar-refractivity contribution in [2.24, 2.45) is 0 Å². The molecule has 24 heavy (non-hydrogen) atoms. The van der Waals surface area contributed by atoms with Gasteiger partial charge in [0.25, 0.3) is 0 Å². The molecule has 126 valence electrons. The van der Waals surface area contributed by atoms with E-state index in [1.807, 2.05) is 12.1 Å². The third-order valence-corrected chi connectivity index (χ3v) is 4.47. The molecule has 6 heteroatoms. The topological polar surface area (TPSA) is 66.4 Å². The van der Waals surface area contributed by atoms with Gasteiger partial charge in [0, 0.05) is 23.8 Å². The zero-order chi connectivity index (χ0) is 16.8. The maximum Gasteiger partial charge on any atom is 0.161 e. The molecule has 6 nitrogen and oxygen atoms in total. The van der Waals surface area contributed by atoms with Crippen LogP contribution < -0.4 is 23.7 Å². The molecule has 2 heterocycles. The number of hydrogen-bond acceptors (Lipinski definition) is 6. The molecule has 2 aromatic rings. The second-order valence-corrected chi connectivity index (χ2v) is 5.71. The summed E-state index contributed by atoms with van der Waals surface area (Å²) in [6.07, 6.45) is -1.94. The van der Waals surface area contributed by atoms with Gasteiger partial charge in [0.15, 0.2) is 12.2 Å². The third-order valence-electron chi connectivity index (χ3n) is 4.47. The standard InChI is InChI=1S/C18H18O6/c1-20-9-4-5-11-12(6-9)23-18-15-13(22-3)7-10(21-2)8-14(15)24-17(11)16(18)19/h4-8,16-19H,1-3H3. The molecule has 2 bridgehead atoms. The van der Waals surface area contributed by atoms with Crippen LogP contribution in [0.25, 0.3) is 0 Å². The van der Waals surface area contributed by atoms with E-state index >= 15 is 0 Å². The van der Waals surface area contributed by atoms with Crippen LogP contribution in [-0.2, 0) is 0 Å². The summed E-state index contributed by atoms with van der Waals surface area (Å²) >= 11 is 0. The minimum Gasteiger partial charge on any atom is -0.497 e. The molecule has 4 rings (SSSR count). The number of ether oxygens (including phenoxy) is 5. The van der Waals surface area contributed by atoms with E-state index < -0.39 is 18.3 Å². The quantitative estimate of drug-likeness (QED) is 0.933. The summed E-state index contributed by atoms with van der Waals surface area (Å²) in [5.41, 5.74) is 1.46. The SMILES string of the molecule is COc1ccc2c(c1)OC1c3c(OC)cc(OC)cc3OC2C1O. The molecule has 0 saturated carbocycles. The van der Waals surface area contributed by atoms with Crippen molar-refractivity contribution in [2.75, 3.05) is 21.3 Å². The van der Waals surface area contributed by atoms with Gasteiger partial charge in [-0.1, -0.05) is 0 Å². The Labute approximate surface area is 139 Å². The van der Waals surface area contributed by atoms with Crippen LogP contribution in [0.5, 0.6) is 28.7 Å². The number of aliphatic hydroxyl groups is 1. The van der Waals surface area contributed by atoms with Gasteiger partial charge in [0.05, 0.1) is 26.9 Å². The van der Waals surface area contributed by atoms with Gasteiger partial charge < -0.3 is 28.8 Å².